The Morgan fingerprint density at radius 1 is 1.21 bits per heavy atom. The highest BCUT2D eigenvalue weighted by Crippen LogP contribution is 2.27. The number of hydrogen-bond acceptors (Lipinski definition) is 5. The third-order valence-corrected chi connectivity index (χ3v) is 5.86. The molecule has 3 aromatic rings. The average molecular weight is 413 g/mol. The molecule has 0 bridgehead atoms. The van der Waals surface area contributed by atoms with Crippen LogP contribution in [0.1, 0.15) is 18.5 Å². The van der Waals surface area contributed by atoms with E-state index in [1.807, 2.05) is 56.6 Å². The number of carbonyl (C=O) groups is 1. The van der Waals surface area contributed by atoms with Gasteiger partial charge in [-0.2, -0.15) is 0 Å². The molecular formula is C22H28N4O2S. The summed E-state index contributed by atoms with van der Waals surface area (Å²) in [5.41, 5.74) is 3.11. The summed E-state index contributed by atoms with van der Waals surface area (Å²) in [7, 11) is 5.67. The van der Waals surface area contributed by atoms with Gasteiger partial charge in [0.05, 0.1) is 29.9 Å². The van der Waals surface area contributed by atoms with Gasteiger partial charge in [0.1, 0.15) is 5.75 Å². The van der Waals surface area contributed by atoms with Crippen LogP contribution in [0.5, 0.6) is 5.75 Å². The fraction of sp³-hybridized carbons (Fsp3) is 0.364. The molecule has 1 aromatic heterocycles. The van der Waals surface area contributed by atoms with Crippen molar-refractivity contribution in [2.45, 2.75) is 24.7 Å². The number of hydrogen-bond donors (Lipinski definition) is 1. The Kier molecular flexibility index (Phi) is 7.17. The van der Waals surface area contributed by atoms with Gasteiger partial charge in [0.2, 0.25) is 5.91 Å². The number of aryl methyl sites for hydroxylation is 1. The normalized spacial score (nSPS) is 12.3. The number of ether oxygens (including phenoxy) is 1. The number of thioether (sulfide) groups is 1. The fourth-order valence-corrected chi connectivity index (χ4v) is 4.28. The molecule has 1 unspecified atom stereocenters. The number of nitrogens with zero attached hydrogens (tertiary/aromatic N) is 3. The third-order valence-electron chi connectivity index (χ3n) is 4.88. The predicted molar refractivity (Wildman–Crippen MR) is 119 cm³/mol. The van der Waals surface area contributed by atoms with Gasteiger partial charge in [-0.25, -0.2) is 4.98 Å². The predicted octanol–water partition coefficient (Wildman–Crippen LogP) is 3.58. The molecule has 0 spiro atoms. The van der Waals surface area contributed by atoms with Crippen molar-refractivity contribution in [3.8, 4) is 5.75 Å². The summed E-state index contributed by atoms with van der Waals surface area (Å²) in [5, 5.41) is 3.93. The average Bonchev–Trinajstić information content (AvgIpc) is 3.10. The minimum Gasteiger partial charge on any atom is -0.496 e. The van der Waals surface area contributed by atoms with Crippen molar-refractivity contribution in [1.29, 1.82) is 0 Å². The SMILES string of the molecule is CCn1c(SCC(=O)NCC(c2ccccc2OC)N(C)C)nc2ccccc21. The molecule has 1 N–H and O–H groups in total. The van der Waals surface area contributed by atoms with Crippen molar-refractivity contribution in [2.24, 2.45) is 0 Å². The molecule has 7 heteroatoms. The molecule has 3 rings (SSSR count). The van der Waals surface area contributed by atoms with E-state index in [1.165, 1.54) is 11.8 Å². The molecule has 0 saturated carbocycles. The lowest BCUT2D eigenvalue weighted by Crippen LogP contribution is -2.35. The number of fused-ring (bicyclic) bond motifs is 1. The van der Waals surface area contributed by atoms with E-state index in [4.69, 9.17) is 4.74 Å². The number of para-hydroxylation sites is 3. The van der Waals surface area contributed by atoms with E-state index in [1.54, 1.807) is 7.11 Å². The number of rotatable bonds is 9. The van der Waals surface area contributed by atoms with E-state index in [0.29, 0.717) is 12.3 Å². The van der Waals surface area contributed by atoms with E-state index in [2.05, 4.69) is 32.8 Å². The number of nitrogens with one attached hydrogen (secondary N) is 1. The van der Waals surface area contributed by atoms with Crippen LogP contribution in [-0.2, 0) is 11.3 Å². The first-order valence-corrected chi connectivity index (χ1v) is 10.7. The van der Waals surface area contributed by atoms with Crippen LogP contribution in [0.4, 0.5) is 0 Å². The van der Waals surface area contributed by atoms with Crippen LogP contribution in [0.15, 0.2) is 53.7 Å². The van der Waals surface area contributed by atoms with Crippen molar-refractivity contribution in [1.82, 2.24) is 19.8 Å². The molecule has 0 fully saturated rings. The second kappa shape index (κ2) is 9.80. The van der Waals surface area contributed by atoms with E-state index in [-0.39, 0.29) is 11.9 Å². The summed E-state index contributed by atoms with van der Waals surface area (Å²) < 4.78 is 7.63. The van der Waals surface area contributed by atoms with Gasteiger partial charge >= 0.3 is 0 Å². The zero-order valence-corrected chi connectivity index (χ0v) is 18.2. The maximum absolute atomic E-state index is 12.5. The summed E-state index contributed by atoms with van der Waals surface area (Å²) in [6.45, 7) is 3.42. The third kappa shape index (κ3) is 4.92. The second-order valence-corrected chi connectivity index (χ2v) is 7.88. The summed E-state index contributed by atoms with van der Waals surface area (Å²) >= 11 is 1.47. The molecule has 0 saturated heterocycles. The molecule has 0 radical (unpaired) electrons. The van der Waals surface area contributed by atoms with E-state index < -0.39 is 0 Å². The number of likely N-dealkylation sites (N-methyl/N-ethyl adjacent to an activating group) is 1. The van der Waals surface area contributed by atoms with Crippen LogP contribution >= 0.6 is 11.8 Å². The van der Waals surface area contributed by atoms with Crippen LogP contribution in [0.25, 0.3) is 11.0 Å². The first-order valence-electron chi connectivity index (χ1n) is 9.69. The first-order chi connectivity index (χ1) is 14.0. The molecule has 0 aliphatic rings. The molecule has 1 heterocycles. The highest BCUT2D eigenvalue weighted by atomic mass is 32.2. The maximum atomic E-state index is 12.5. The Balaban J connectivity index is 1.63. The Morgan fingerprint density at radius 3 is 2.66 bits per heavy atom. The molecule has 6 nitrogen and oxygen atoms in total. The zero-order valence-electron chi connectivity index (χ0n) is 17.4. The minimum atomic E-state index is -0.00791. The monoisotopic (exact) mass is 412 g/mol. The summed E-state index contributed by atoms with van der Waals surface area (Å²) in [5.74, 6) is 1.15. The fourth-order valence-electron chi connectivity index (χ4n) is 3.37. The standard InChI is InChI=1S/C22H28N4O2S/c1-5-26-18-12-8-7-11-17(18)24-22(26)29-15-21(27)23-14-19(25(2)3)16-10-6-9-13-20(16)28-4/h6-13,19H,5,14-15H2,1-4H3,(H,23,27). The van der Waals surface area contributed by atoms with Gasteiger partial charge in [-0.3, -0.25) is 4.79 Å². The van der Waals surface area contributed by atoms with E-state index >= 15 is 0 Å². The smallest absolute Gasteiger partial charge is 0.230 e. The van der Waals surface area contributed by atoms with Crippen LogP contribution in [0, 0.1) is 0 Å². The molecule has 0 aliphatic carbocycles. The van der Waals surface area contributed by atoms with Crippen molar-refractivity contribution >= 4 is 28.7 Å². The van der Waals surface area contributed by atoms with Crippen molar-refractivity contribution in [3.63, 3.8) is 0 Å². The molecule has 29 heavy (non-hydrogen) atoms. The van der Waals surface area contributed by atoms with Crippen LogP contribution in [-0.4, -0.2) is 53.9 Å². The van der Waals surface area contributed by atoms with Crippen LogP contribution in [0.3, 0.4) is 0 Å². The first kappa shape index (κ1) is 21.2. The van der Waals surface area contributed by atoms with Crippen LogP contribution < -0.4 is 10.1 Å². The lowest BCUT2D eigenvalue weighted by Gasteiger charge is -2.26. The summed E-state index contributed by atoms with van der Waals surface area (Å²) in [6.07, 6.45) is 0. The largest absolute Gasteiger partial charge is 0.496 e. The van der Waals surface area contributed by atoms with Gasteiger partial charge in [0.25, 0.3) is 0 Å². The summed E-state index contributed by atoms with van der Waals surface area (Å²) in [4.78, 5) is 19.3. The van der Waals surface area contributed by atoms with E-state index in [9.17, 15) is 4.79 Å². The molecule has 1 atom stereocenters. The highest BCUT2D eigenvalue weighted by Gasteiger charge is 2.19. The maximum Gasteiger partial charge on any atom is 0.230 e. The van der Waals surface area contributed by atoms with Crippen LogP contribution in [0.2, 0.25) is 0 Å². The molecular weight excluding hydrogens is 384 g/mol. The Hall–Kier alpha value is -2.51. The molecule has 1 amide bonds. The van der Waals surface area contributed by atoms with Crippen molar-refractivity contribution in [2.75, 3.05) is 33.5 Å². The second-order valence-electron chi connectivity index (χ2n) is 6.94. The number of carbonyl (C=O) groups excluding carboxylic acids is 1. The van der Waals surface area contributed by atoms with Gasteiger partial charge in [0.15, 0.2) is 5.16 Å². The van der Waals surface area contributed by atoms with Gasteiger partial charge < -0.3 is 19.5 Å². The summed E-state index contributed by atoms with van der Waals surface area (Å²) in [6, 6.07) is 16.0. The molecule has 154 valence electrons. The zero-order chi connectivity index (χ0) is 20.8. The quantitative estimate of drug-likeness (QED) is 0.545. The van der Waals surface area contributed by atoms with Gasteiger partial charge in [-0.05, 0) is 39.2 Å². The Labute approximate surface area is 176 Å². The minimum absolute atomic E-state index is 0.00791. The Bertz CT molecular complexity index is 970. The lowest BCUT2D eigenvalue weighted by atomic mass is 10.0. The number of benzene rings is 2. The van der Waals surface area contributed by atoms with Gasteiger partial charge in [-0.15, -0.1) is 0 Å². The van der Waals surface area contributed by atoms with Gasteiger partial charge in [0, 0.05) is 18.7 Å². The molecule has 2 aromatic carbocycles. The number of imidazole rings is 1. The topological polar surface area (TPSA) is 59.4 Å². The van der Waals surface area contributed by atoms with Crippen molar-refractivity contribution < 1.29 is 9.53 Å². The van der Waals surface area contributed by atoms with Crippen molar-refractivity contribution in [3.05, 3.63) is 54.1 Å². The van der Waals surface area contributed by atoms with E-state index in [0.717, 1.165) is 34.0 Å². The Morgan fingerprint density at radius 2 is 1.93 bits per heavy atom. The highest BCUT2D eigenvalue weighted by molar-refractivity contribution is 7.99. The number of aromatic nitrogens is 2. The van der Waals surface area contributed by atoms with Gasteiger partial charge in [-0.1, -0.05) is 42.1 Å². The number of methoxy groups -OCH3 is 1. The lowest BCUT2D eigenvalue weighted by molar-refractivity contribution is -0.118. The molecule has 0 aliphatic heterocycles. The number of amides is 1.